The zero-order valence-corrected chi connectivity index (χ0v) is 30.6. The smallest absolute Gasteiger partial charge is 0.405 e. The summed E-state index contributed by atoms with van der Waals surface area (Å²) in [6, 6.07) is 15.5. The van der Waals surface area contributed by atoms with Crippen LogP contribution in [0.5, 0.6) is 5.75 Å². The minimum atomic E-state index is -1.37. The van der Waals surface area contributed by atoms with Crippen LogP contribution in [0.1, 0.15) is 39.0 Å². The van der Waals surface area contributed by atoms with Gasteiger partial charge in [-0.3, -0.25) is 4.79 Å². The maximum absolute atomic E-state index is 12.6. The number of ether oxygens (including phenoxy) is 1. The second kappa shape index (κ2) is 17.5. The Bertz CT molecular complexity index is 1900. The van der Waals surface area contributed by atoms with Gasteiger partial charge in [-0.2, -0.15) is 0 Å². The fraction of sp³-hybridized carbons (Fsp3) is 0.421. The number of methoxy groups -OCH3 is 1. The normalized spacial score (nSPS) is 11.6. The van der Waals surface area contributed by atoms with E-state index >= 15 is 0 Å². The Morgan fingerprint density at radius 3 is 2.35 bits per heavy atom. The average molecular weight is 704 g/mol. The molecule has 1 aliphatic carbocycles. The SMILES string of the molecule is CCN(CCCC(=O)NCCCCC(NC(=O)O)C(=O)O)c1cc(OC)c(-c2c3ccc(=[N+](C)C)cc-3oc3cc(NC)ccc23)cc1N(C)C. The van der Waals surface area contributed by atoms with Gasteiger partial charge in [-0.25, -0.2) is 14.2 Å². The monoisotopic (exact) mass is 703 g/mol. The number of nitrogens with zero attached hydrogens (tertiary/aromatic N) is 3. The van der Waals surface area contributed by atoms with E-state index in [0.29, 0.717) is 38.8 Å². The van der Waals surface area contributed by atoms with Gasteiger partial charge in [-0.1, -0.05) is 0 Å². The Balaban J connectivity index is 1.57. The predicted molar refractivity (Wildman–Crippen MR) is 202 cm³/mol. The van der Waals surface area contributed by atoms with E-state index in [1.165, 1.54) is 0 Å². The van der Waals surface area contributed by atoms with Crippen LogP contribution >= 0.6 is 0 Å². The third-order valence-electron chi connectivity index (χ3n) is 8.95. The molecule has 5 N–H and O–H groups in total. The molecule has 2 amide bonds. The third kappa shape index (κ3) is 9.41. The fourth-order valence-corrected chi connectivity index (χ4v) is 6.21. The first-order valence-electron chi connectivity index (χ1n) is 17.2. The minimum Gasteiger partial charge on any atom is -0.496 e. The number of amides is 2. The molecule has 1 aliphatic heterocycles. The van der Waals surface area contributed by atoms with Gasteiger partial charge in [-0.05, 0) is 56.9 Å². The van der Waals surface area contributed by atoms with E-state index in [0.717, 1.165) is 68.1 Å². The number of carboxylic acid groups (broad SMARTS) is 2. The summed E-state index contributed by atoms with van der Waals surface area (Å²) in [6.07, 6.45) is 0.739. The maximum atomic E-state index is 12.6. The van der Waals surface area contributed by atoms with Gasteiger partial charge in [0.05, 0.1) is 24.6 Å². The van der Waals surface area contributed by atoms with E-state index in [2.05, 4.69) is 68.3 Å². The number of benzene rings is 3. The first-order chi connectivity index (χ1) is 24.4. The summed E-state index contributed by atoms with van der Waals surface area (Å²) in [5.41, 5.74) is 6.63. The van der Waals surface area contributed by atoms with Crippen LogP contribution in [0, 0.1) is 0 Å². The summed E-state index contributed by atoms with van der Waals surface area (Å²) < 4.78 is 14.7. The lowest BCUT2D eigenvalue weighted by molar-refractivity contribution is -0.139. The lowest BCUT2D eigenvalue weighted by Crippen LogP contribution is -2.40. The van der Waals surface area contributed by atoms with Gasteiger partial charge in [0, 0.05) is 93.2 Å². The minimum absolute atomic E-state index is 0.0858. The molecule has 0 aromatic heterocycles. The van der Waals surface area contributed by atoms with Gasteiger partial charge < -0.3 is 45.1 Å². The molecule has 2 aliphatic rings. The number of hydrogen-bond acceptors (Lipinski definition) is 8. The van der Waals surface area contributed by atoms with Gasteiger partial charge in [0.1, 0.15) is 37.2 Å². The first kappa shape index (κ1) is 38.3. The van der Waals surface area contributed by atoms with Gasteiger partial charge in [0.25, 0.3) is 0 Å². The number of carbonyl (C=O) groups excluding carboxylic acids is 1. The molecule has 1 heterocycles. The Kier molecular flexibility index (Phi) is 13.1. The van der Waals surface area contributed by atoms with Crippen molar-refractivity contribution in [3.8, 4) is 28.2 Å². The van der Waals surface area contributed by atoms with Crippen molar-refractivity contribution in [1.29, 1.82) is 0 Å². The Labute approximate surface area is 298 Å². The molecule has 0 saturated heterocycles. The van der Waals surface area contributed by atoms with Gasteiger partial charge in [-0.15, -0.1) is 0 Å². The largest absolute Gasteiger partial charge is 0.496 e. The number of hydrogen-bond donors (Lipinski definition) is 5. The second-order valence-corrected chi connectivity index (χ2v) is 12.8. The molecule has 4 rings (SSSR count). The number of fused-ring (bicyclic) bond motifs is 2. The third-order valence-corrected chi connectivity index (χ3v) is 8.95. The van der Waals surface area contributed by atoms with Crippen LogP contribution in [0.15, 0.2) is 52.9 Å². The van der Waals surface area contributed by atoms with Crippen molar-refractivity contribution >= 4 is 46.0 Å². The lowest BCUT2D eigenvalue weighted by atomic mass is 9.92. The van der Waals surface area contributed by atoms with Gasteiger partial charge >= 0.3 is 12.1 Å². The summed E-state index contributed by atoms with van der Waals surface area (Å²) in [6.45, 7) is 3.84. The number of nitrogens with one attached hydrogen (secondary N) is 3. The summed E-state index contributed by atoms with van der Waals surface area (Å²) in [7, 11) is 11.6. The van der Waals surface area contributed by atoms with Crippen LogP contribution in [-0.2, 0) is 9.59 Å². The molecular weight excluding hydrogens is 652 g/mol. The predicted octanol–water partition coefficient (Wildman–Crippen LogP) is 4.97. The fourth-order valence-electron chi connectivity index (χ4n) is 6.21. The molecule has 2 aromatic rings. The molecule has 1 atom stereocenters. The summed E-state index contributed by atoms with van der Waals surface area (Å²) in [5.74, 6) is 0.185. The quantitative estimate of drug-likeness (QED) is 0.0578. The van der Waals surface area contributed by atoms with E-state index in [9.17, 15) is 14.4 Å². The molecule has 2 aromatic carbocycles. The highest BCUT2D eigenvalue weighted by Gasteiger charge is 2.24. The topological polar surface area (TPSA) is 160 Å². The van der Waals surface area contributed by atoms with E-state index in [1.54, 1.807) is 7.11 Å². The molecular formula is C38H51N6O7+. The summed E-state index contributed by atoms with van der Waals surface area (Å²) in [4.78, 5) is 39.0. The highest BCUT2D eigenvalue weighted by atomic mass is 16.5. The first-order valence-corrected chi connectivity index (χ1v) is 17.2. The lowest BCUT2D eigenvalue weighted by Gasteiger charge is -2.30. The summed E-state index contributed by atoms with van der Waals surface area (Å²) in [5, 5.41) is 28.1. The van der Waals surface area contributed by atoms with Crippen LogP contribution < -0.4 is 40.4 Å². The van der Waals surface area contributed by atoms with Crippen LogP contribution in [-0.4, -0.2) is 96.2 Å². The molecule has 0 radical (unpaired) electrons. The van der Waals surface area contributed by atoms with Crippen molar-refractivity contribution < 1.29 is 33.8 Å². The van der Waals surface area contributed by atoms with Crippen molar-refractivity contribution in [2.24, 2.45) is 0 Å². The number of rotatable bonds is 17. The molecule has 0 fully saturated rings. The Hall–Kier alpha value is -5.46. The van der Waals surface area contributed by atoms with Gasteiger partial charge in [0.2, 0.25) is 11.3 Å². The molecule has 274 valence electrons. The number of unbranched alkanes of at least 4 members (excludes halogenated alkanes) is 1. The number of anilines is 3. The zero-order chi connectivity index (χ0) is 37.2. The highest BCUT2D eigenvalue weighted by molar-refractivity contribution is 6.05. The molecule has 1 unspecified atom stereocenters. The Morgan fingerprint density at radius 2 is 1.73 bits per heavy atom. The van der Waals surface area contributed by atoms with Crippen molar-refractivity contribution in [3.63, 3.8) is 0 Å². The molecule has 0 spiro atoms. The van der Waals surface area contributed by atoms with Crippen LogP contribution in [0.3, 0.4) is 0 Å². The van der Waals surface area contributed by atoms with E-state index in [-0.39, 0.29) is 12.3 Å². The number of carboxylic acids is 1. The van der Waals surface area contributed by atoms with E-state index in [4.69, 9.17) is 19.4 Å². The van der Waals surface area contributed by atoms with Crippen molar-refractivity contribution in [2.75, 3.05) is 77.1 Å². The molecule has 13 nitrogen and oxygen atoms in total. The standard InChI is InChI=1S/C38H50N6O7/c1-8-44(19-11-13-35(45)40-18-10-9-12-29(37(46)47)41-38(48)49)31-23-32(50-7)28(22-30(31)43(5)6)36-26-16-14-24(39-2)20-33(26)51-34-21-25(42(3)4)15-17-27(34)36/h14-17,20-23,29,41H,8-13,18-19H2,1-7H3,(H3,40,45,46,47,48,49)/p+1. The van der Waals surface area contributed by atoms with Crippen LogP contribution in [0.4, 0.5) is 21.9 Å². The number of carbonyl (C=O) groups is 3. The van der Waals surface area contributed by atoms with Crippen LogP contribution in [0.2, 0.25) is 0 Å². The second-order valence-electron chi connectivity index (χ2n) is 12.8. The van der Waals surface area contributed by atoms with Crippen molar-refractivity contribution in [1.82, 2.24) is 15.2 Å². The van der Waals surface area contributed by atoms with Gasteiger partial charge in [0.15, 0.2) is 0 Å². The van der Waals surface area contributed by atoms with Crippen LogP contribution in [0.25, 0.3) is 33.4 Å². The molecule has 51 heavy (non-hydrogen) atoms. The molecule has 0 bridgehead atoms. The Morgan fingerprint density at radius 1 is 0.961 bits per heavy atom. The molecule has 0 saturated carbocycles. The van der Waals surface area contributed by atoms with Crippen molar-refractivity contribution in [3.05, 3.63) is 53.9 Å². The van der Waals surface area contributed by atoms with E-state index in [1.807, 2.05) is 52.7 Å². The highest BCUT2D eigenvalue weighted by Crippen LogP contribution is 2.47. The maximum Gasteiger partial charge on any atom is 0.405 e. The zero-order valence-electron chi connectivity index (χ0n) is 30.6. The van der Waals surface area contributed by atoms with Crippen molar-refractivity contribution in [2.45, 2.75) is 45.1 Å². The van der Waals surface area contributed by atoms with E-state index < -0.39 is 18.1 Å². The average Bonchev–Trinajstić information content (AvgIpc) is 3.10. The summed E-state index contributed by atoms with van der Waals surface area (Å²) >= 11 is 0. The number of aliphatic carboxylic acids is 1. The molecule has 13 heteroatoms.